The van der Waals surface area contributed by atoms with E-state index in [0.29, 0.717) is 18.5 Å². The van der Waals surface area contributed by atoms with Crippen molar-refractivity contribution >= 4 is 11.4 Å². The van der Waals surface area contributed by atoms with Crippen LogP contribution in [0.15, 0.2) is 12.1 Å². The van der Waals surface area contributed by atoms with E-state index in [4.69, 9.17) is 0 Å². The quantitative estimate of drug-likeness (QED) is 0.637. The average molecular weight is 271 g/mol. The van der Waals surface area contributed by atoms with Gasteiger partial charge in [-0.2, -0.15) is 4.39 Å². The number of nitro benzene ring substituents is 1. The van der Waals surface area contributed by atoms with Crippen molar-refractivity contribution in [3.63, 3.8) is 0 Å². The molecule has 1 unspecified atom stereocenters. The van der Waals surface area contributed by atoms with Crippen molar-refractivity contribution in [2.75, 3.05) is 25.0 Å². The van der Waals surface area contributed by atoms with Gasteiger partial charge in [-0.1, -0.05) is 0 Å². The topological polar surface area (TPSA) is 67.2 Å². The van der Waals surface area contributed by atoms with Crippen LogP contribution >= 0.6 is 0 Å². The van der Waals surface area contributed by atoms with Crippen LogP contribution in [0.1, 0.15) is 12.8 Å². The number of anilines is 1. The fraction of sp³-hybridized carbons (Fsp3) is 0.500. The number of hydrogen-bond donors (Lipinski definition) is 2. The van der Waals surface area contributed by atoms with Crippen LogP contribution in [0.5, 0.6) is 0 Å². The van der Waals surface area contributed by atoms with E-state index in [1.54, 1.807) is 0 Å². The molecule has 104 valence electrons. The molecular weight excluding hydrogens is 256 g/mol. The lowest BCUT2D eigenvalue weighted by atomic mass is 10.1. The van der Waals surface area contributed by atoms with E-state index in [1.165, 1.54) is 0 Å². The second-order valence-corrected chi connectivity index (χ2v) is 4.62. The Morgan fingerprint density at radius 1 is 1.47 bits per heavy atom. The van der Waals surface area contributed by atoms with E-state index < -0.39 is 22.2 Å². The maximum Gasteiger partial charge on any atom is 0.327 e. The molecule has 1 saturated heterocycles. The molecule has 0 bridgehead atoms. The fourth-order valence-corrected chi connectivity index (χ4v) is 2.26. The van der Waals surface area contributed by atoms with E-state index in [0.717, 1.165) is 32.0 Å². The molecule has 1 atom stereocenters. The predicted octanol–water partition coefficient (Wildman–Crippen LogP) is 2.28. The molecule has 1 aliphatic rings. The highest BCUT2D eigenvalue weighted by Crippen LogP contribution is 2.29. The van der Waals surface area contributed by atoms with Crippen LogP contribution in [-0.4, -0.2) is 24.6 Å². The molecule has 5 nitrogen and oxygen atoms in total. The first kappa shape index (κ1) is 13.7. The molecule has 0 radical (unpaired) electrons. The molecule has 1 aliphatic heterocycles. The molecule has 0 amide bonds. The number of nitrogens with zero attached hydrogens (tertiary/aromatic N) is 1. The molecule has 0 saturated carbocycles. The van der Waals surface area contributed by atoms with Gasteiger partial charge in [-0.3, -0.25) is 10.1 Å². The lowest BCUT2D eigenvalue weighted by molar-refractivity contribution is -0.386. The molecule has 0 aliphatic carbocycles. The van der Waals surface area contributed by atoms with Gasteiger partial charge in [0.25, 0.3) is 0 Å². The summed E-state index contributed by atoms with van der Waals surface area (Å²) in [4.78, 5) is 9.93. The molecule has 7 heteroatoms. The zero-order valence-electron chi connectivity index (χ0n) is 10.3. The maximum absolute atomic E-state index is 13.4. The van der Waals surface area contributed by atoms with Crippen LogP contribution in [0, 0.1) is 27.7 Å². The minimum atomic E-state index is -1.16. The second-order valence-electron chi connectivity index (χ2n) is 4.62. The Labute approximate surface area is 109 Å². The van der Waals surface area contributed by atoms with Crippen molar-refractivity contribution in [3.8, 4) is 0 Å². The van der Waals surface area contributed by atoms with Gasteiger partial charge in [0.15, 0.2) is 0 Å². The lowest BCUT2D eigenvalue weighted by Gasteiger charge is -2.11. The molecule has 1 aromatic carbocycles. The number of benzene rings is 1. The summed E-state index contributed by atoms with van der Waals surface area (Å²) in [5.41, 5.74) is -0.806. The Hall–Kier alpha value is -1.76. The summed E-state index contributed by atoms with van der Waals surface area (Å²) < 4.78 is 26.4. The summed E-state index contributed by atoms with van der Waals surface area (Å²) in [5.74, 6) is -1.48. The third kappa shape index (κ3) is 3.37. The highest BCUT2D eigenvalue weighted by atomic mass is 19.1. The van der Waals surface area contributed by atoms with Gasteiger partial charge in [-0.15, -0.1) is 0 Å². The number of nitro groups is 1. The average Bonchev–Trinajstić information content (AvgIpc) is 2.80. The Kier molecular flexibility index (Phi) is 4.26. The third-order valence-corrected chi connectivity index (χ3v) is 3.24. The molecule has 1 fully saturated rings. The summed E-state index contributed by atoms with van der Waals surface area (Å²) in [7, 11) is 0. The predicted molar refractivity (Wildman–Crippen MR) is 67.1 cm³/mol. The van der Waals surface area contributed by atoms with E-state index >= 15 is 0 Å². The number of nitrogens with one attached hydrogen (secondary N) is 2. The zero-order valence-corrected chi connectivity index (χ0v) is 10.3. The SMILES string of the molecule is O=[N+]([O-])c1c(F)cc(F)cc1NCCC1CCNC1. The van der Waals surface area contributed by atoms with Gasteiger partial charge in [-0.25, -0.2) is 4.39 Å². The Bertz CT molecular complexity index is 476. The molecule has 1 aromatic rings. The van der Waals surface area contributed by atoms with Gasteiger partial charge in [0.05, 0.1) is 4.92 Å². The minimum absolute atomic E-state index is 0.103. The zero-order chi connectivity index (χ0) is 13.8. The standard InChI is InChI=1S/C12H15F2N3O2/c13-9-5-10(14)12(17(18)19)11(6-9)16-4-2-8-1-3-15-7-8/h5-6,8,15-16H,1-4,7H2. The molecule has 2 rings (SSSR count). The fourth-order valence-electron chi connectivity index (χ4n) is 2.26. The minimum Gasteiger partial charge on any atom is -0.379 e. The van der Waals surface area contributed by atoms with Crippen molar-refractivity contribution in [2.45, 2.75) is 12.8 Å². The Morgan fingerprint density at radius 2 is 2.26 bits per heavy atom. The van der Waals surface area contributed by atoms with Crippen LogP contribution in [0.4, 0.5) is 20.2 Å². The van der Waals surface area contributed by atoms with E-state index in [9.17, 15) is 18.9 Å². The van der Waals surface area contributed by atoms with E-state index in [-0.39, 0.29) is 5.69 Å². The van der Waals surface area contributed by atoms with Crippen LogP contribution in [-0.2, 0) is 0 Å². The summed E-state index contributed by atoms with van der Waals surface area (Å²) in [6.07, 6.45) is 1.86. The molecule has 19 heavy (non-hydrogen) atoms. The lowest BCUT2D eigenvalue weighted by Crippen LogP contribution is -2.13. The molecule has 1 heterocycles. The van der Waals surface area contributed by atoms with Crippen molar-refractivity contribution in [2.24, 2.45) is 5.92 Å². The molecule has 0 spiro atoms. The number of halogens is 2. The first-order chi connectivity index (χ1) is 9.08. The van der Waals surface area contributed by atoms with Crippen LogP contribution in [0.2, 0.25) is 0 Å². The normalized spacial score (nSPS) is 18.5. The van der Waals surface area contributed by atoms with Crippen LogP contribution in [0.3, 0.4) is 0 Å². The van der Waals surface area contributed by atoms with Gasteiger partial charge in [-0.05, 0) is 31.8 Å². The monoisotopic (exact) mass is 271 g/mol. The van der Waals surface area contributed by atoms with Crippen molar-refractivity contribution in [3.05, 3.63) is 33.9 Å². The molecule has 0 aromatic heterocycles. The van der Waals surface area contributed by atoms with Crippen LogP contribution in [0.25, 0.3) is 0 Å². The van der Waals surface area contributed by atoms with Gasteiger partial charge < -0.3 is 10.6 Å². The summed E-state index contributed by atoms with van der Waals surface area (Å²) >= 11 is 0. The first-order valence-corrected chi connectivity index (χ1v) is 6.16. The van der Waals surface area contributed by atoms with Crippen LogP contribution < -0.4 is 10.6 Å². The Morgan fingerprint density at radius 3 is 2.89 bits per heavy atom. The van der Waals surface area contributed by atoms with Crippen molar-refractivity contribution < 1.29 is 13.7 Å². The second kappa shape index (κ2) is 5.92. The summed E-state index contributed by atoms with van der Waals surface area (Å²) in [6, 6.07) is 1.47. The van der Waals surface area contributed by atoms with Gasteiger partial charge in [0.1, 0.15) is 11.5 Å². The largest absolute Gasteiger partial charge is 0.379 e. The maximum atomic E-state index is 13.4. The third-order valence-electron chi connectivity index (χ3n) is 3.24. The van der Waals surface area contributed by atoms with Crippen molar-refractivity contribution in [1.29, 1.82) is 0 Å². The summed E-state index contributed by atoms with van der Waals surface area (Å²) in [6.45, 7) is 2.34. The van der Waals surface area contributed by atoms with E-state index in [1.807, 2.05) is 0 Å². The van der Waals surface area contributed by atoms with Gasteiger partial charge >= 0.3 is 5.69 Å². The number of hydrogen-bond acceptors (Lipinski definition) is 4. The van der Waals surface area contributed by atoms with Crippen molar-refractivity contribution in [1.82, 2.24) is 5.32 Å². The Balaban J connectivity index is 2.03. The smallest absolute Gasteiger partial charge is 0.327 e. The highest BCUT2D eigenvalue weighted by Gasteiger charge is 2.22. The summed E-state index contributed by atoms with van der Waals surface area (Å²) in [5, 5.41) is 16.7. The molecule has 2 N–H and O–H groups in total. The highest BCUT2D eigenvalue weighted by molar-refractivity contribution is 5.62. The first-order valence-electron chi connectivity index (χ1n) is 6.16. The molecular formula is C12H15F2N3O2. The van der Waals surface area contributed by atoms with Gasteiger partial charge in [0, 0.05) is 18.7 Å². The van der Waals surface area contributed by atoms with E-state index in [2.05, 4.69) is 10.6 Å². The number of rotatable bonds is 5. The van der Waals surface area contributed by atoms with Gasteiger partial charge in [0.2, 0.25) is 5.82 Å².